The number of halogens is 1. The first-order valence-corrected chi connectivity index (χ1v) is 5.79. The minimum Gasteiger partial charge on any atom is -1.00 e. The third-order valence-corrected chi connectivity index (χ3v) is 2.49. The van der Waals surface area contributed by atoms with E-state index in [0.29, 0.717) is 5.56 Å². The number of nitrogens with zero attached hydrogens (tertiary/aromatic N) is 1. The zero-order valence-corrected chi connectivity index (χ0v) is 11.4. The van der Waals surface area contributed by atoms with Gasteiger partial charge in [-0.3, -0.25) is 9.59 Å². The lowest BCUT2D eigenvalue weighted by Crippen LogP contribution is -3.00. The summed E-state index contributed by atoms with van der Waals surface area (Å²) in [6.45, 7) is 0.0481. The number of nitrogens with one attached hydrogen (secondary N) is 1. The molecule has 3 N–H and O–H groups in total. The van der Waals surface area contributed by atoms with Gasteiger partial charge in [0.2, 0.25) is 6.54 Å². The molecule has 6 heteroatoms. The molecular weight excluding hydrogens is 278 g/mol. The van der Waals surface area contributed by atoms with Crippen molar-refractivity contribution in [2.75, 3.05) is 5.32 Å². The molecule has 0 aliphatic carbocycles. The molecule has 0 aliphatic rings. The van der Waals surface area contributed by atoms with Gasteiger partial charge in [0.25, 0.3) is 11.8 Å². The molecule has 0 unspecified atom stereocenters. The zero-order valence-electron chi connectivity index (χ0n) is 10.6. The summed E-state index contributed by atoms with van der Waals surface area (Å²) in [4.78, 5) is 22.9. The zero-order chi connectivity index (χ0) is 13.7. The highest BCUT2D eigenvalue weighted by Gasteiger charge is 2.12. The van der Waals surface area contributed by atoms with Crippen LogP contribution in [0.3, 0.4) is 0 Å². The molecule has 1 heterocycles. The molecule has 0 spiro atoms. The number of amides is 2. The Labute approximate surface area is 122 Å². The van der Waals surface area contributed by atoms with Gasteiger partial charge >= 0.3 is 0 Å². The molecule has 0 radical (unpaired) electrons. The van der Waals surface area contributed by atoms with Crippen LogP contribution >= 0.6 is 0 Å². The molecule has 2 amide bonds. The minimum atomic E-state index is -0.453. The molecule has 1 aromatic heterocycles. The van der Waals surface area contributed by atoms with E-state index in [0.717, 1.165) is 5.69 Å². The van der Waals surface area contributed by atoms with E-state index in [2.05, 4.69) is 5.32 Å². The first-order chi connectivity index (χ1) is 9.15. The van der Waals surface area contributed by atoms with E-state index < -0.39 is 5.91 Å². The smallest absolute Gasteiger partial charge is 0.283 e. The van der Waals surface area contributed by atoms with Crippen LogP contribution in [0.2, 0.25) is 0 Å². The monoisotopic (exact) mass is 291 g/mol. The highest BCUT2D eigenvalue weighted by Crippen LogP contribution is 2.07. The number of benzene rings is 1. The first-order valence-electron chi connectivity index (χ1n) is 5.79. The Hall–Kier alpha value is -2.40. The van der Waals surface area contributed by atoms with Crippen LogP contribution in [0.15, 0.2) is 54.9 Å². The van der Waals surface area contributed by atoms with Gasteiger partial charge in [0.05, 0.1) is 0 Å². The number of aromatic nitrogens is 1. The molecule has 0 aliphatic heterocycles. The predicted octanol–water partition coefficient (Wildman–Crippen LogP) is -2.28. The molecule has 104 valence electrons. The summed E-state index contributed by atoms with van der Waals surface area (Å²) in [5.74, 6) is -0.685. The summed E-state index contributed by atoms with van der Waals surface area (Å²) in [6.07, 6.45) is 3.27. The van der Waals surface area contributed by atoms with E-state index in [4.69, 9.17) is 5.73 Å². The van der Waals surface area contributed by atoms with Crippen molar-refractivity contribution in [1.29, 1.82) is 0 Å². The number of carbonyl (C=O) groups is 2. The van der Waals surface area contributed by atoms with Crippen LogP contribution in [0.1, 0.15) is 10.4 Å². The van der Waals surface area contributed by atoms with Gasteiger partial charge in [-0.15, -0.1) is 0 Å². The maximum Gasteiger partial charge on any atom is 0.283 e. The van der Waals surface area contributed by atoms with E-state index in [1.165, 1.54) is 0 Å². The molecule has 0 bridgehead atoms. The number of carbonyl (C=O) groups excluding carboxylic acids is 2. The maximum atomic E-state index is 12.0. The number of rotatable bonds is 4. The van der Waals surface area contributed by atoms with Crippen molar-refractivity contribution in [2.45, 2.75) is 6.54 Å². The molecule has 5 nitrogen and oxygen atoms in total. The van der Waals surface area contributed by atoms with Gasteiger partial charge in [-0.05, 0) is 18.2 Å². The van der Waals surface area contributed by atoms with Gasteiger partial charge in [0.15, 0.2) is 12.4 Å². The Kier molecular flexibility index (Phi) is 5.68. The third kappa shape index (κ3) is 4.37. The largest absolute Gasteiger partial charge is 1.00 e. The van der Waals surface area contributed by atoms with Crippen LogP contribution in [0.25, 0.3) is 0 Å². The summed E-state index contributed by atoms with van der Waals surface area (Å²) < 4.78 is 1.57. The lowest BCUT2D eigenvalue weighted by molar-refractivity contribution is -0.684. The highest BCUT2D eigenvalue weighted by molar-refractivity contribution is 6.03. The average molecular weight is 292 g/mol. The third-order valence-electron chi connectivity index (χ3n) is 2.49. The van der Waals surface area contributed by atoms with Crippen molar-refractivity contribution in [3.8, 4) is 0 Å². The number of para-hydroxylation sites is 1. The van der Waals surface area contributed by atoms with E-state index >= 15 is 0 Å². The van der Waals surface area contributed by atoms with Gasteiger partial charge in [0.1, 0.15) is 5.56 Å². The van der Waals surface area contributed by atoms with Crippen molar-refractivity contribution in [2.24, 2.45) is 5.73 Å². The summed E-state index contributed by atoms with van der Waals surface area (Å²) >= 11 is 0. The quantitative estimate of drug-likeness (QED) is 0.623. The molecule has 0 saturated carbocycles. The summed E-state index contributed by atoms with van der Waals surface area (Å²) in [5, 5.41) is 2.77. The maximum absolute atomic E-state index is 12.0. The number of anilines is 1. The van der Waals surface area contributed by atoms with Gasteiger partial charge in [-0.2, -0.15) is 4.57 Å². The Balaban J connectivity index is 0.00000200. The van der Waals surface area contributed by atoms with Crippen LogP contribution in [0, 0.1) is 0 Å². The fourth-order valence-corrected chi connectivity index (χ4v) is 1.66. The minimum absolute atomic E-state index is 0. The SMILES string of the molecule is NC(=O)C[n+]1cccc(C(=O)Nc2ccccc2)c1.[Cl-]. The Morgan fingerprint density at radius 2 is 1.80 bits per heavy atom. The van der Waals surface area contributed by atoms with E-state index in [9.17, 15) is 9.59 Å². The fourth-order valence-electron chi connectivity index (χ4n) is 1.66. The number of hydrogen-bond acceptors (Lipinski definition) is 2. The standard InChI is InChI=1S/C14H13N3O2.ClH/c15-13(18)10-17-8-4-5-11(9-17)14(19)16-12-6-2-1-3-7-12;/h1-9H,10H2,(H2-,15,16,18,19);1H. The Morgan fingerprint density at radius 3 is 2.45 bits per heavy atom. The van der Waals surface area contributed by atoms with Crippen LogP contribution in [0.5, 0.6) is 0 Å². The van der Waals surface area contributed by atoms with Gasteiger partial charge < -0.3 is 23.5 Å². The number of hydrogen-bond donors (Lipinski definition) is 2. The Morgan fingerprint density at radius 1 is 1.10 bits per heavy atom. The lowest BCUT2D eigenvalue weighted by Gasteiger charge is -2.03. The number of primary amides is 1. The second-order valence-corrected chi connectivity index (χ2v) is 4.05. The lowest BCUT2D eigenvalue weighted by atomic mass is 10.2. The van der Waals surface area contributed by atoms with E-state index in [-0.39, 0.29) is 24.9 Å². The second kappa shape index (κ2) is 7.25. The molecule has 2 aromatic rings. The normalized spacial score (nSPS) is 9.40. The van der Waals surface area contributed by atoms with Crippen molar-refractivity contribution in [3.05, 3.63) is 60.4 Å². The van der Waals surface area contributed by atoms with Gasteiger partial charge in [-0.1, -0.05) is 18.2 Å². The molecule has 0 saturated heterocycles. The van der Waals surface area contributed by atoms with Crippen molar-refractivity contribution < 1.29 is 26.6 Å². The van der Waals surface area contributed by atoms with Crippen LogP contribution < -0.4 is 28.0 Å². The van der Waals surface area contributed by atoms with Crippen molar-refractivity contribution in [1.82, 2.24) is 0 Å². The number of pyridine rings is 1. The van der Waals surface area contributed by atoms with Crippen LogP contribution in [0.4, 0.5) is 5.69 Å². The topological polar surface area (TPSA) is 76.1 Å². The van der Waals surface area contributed by atoms with E-state index in [1.54, 1.807) is 41.2 Å². The average Bonchev–Trinajstić information content (AvgIpc) is 2.39. The molecule has 20 heavy (non-hydrogen) atoms. The summed E-state index contributed by atoms with van der Waals surface area (Å²) in [7, 11) is 0. The van der Waals surface area contributed by atoms with Crippen molar-refractivity contribution in [3.63, 3.8) is 0 Å². The van der Waals surface area contributed by atoms with Crippen LogP contribution in [-0.2, 0) is 11.3 Å². The molecule has 1 aromatic carbocycles. The Bertz CT molecular complexity index is 602. The number of nitrogens with two attached hydrogens (primary N) is 1. The molecule has 2 rings (SSSR count). The fraction of sp³-hybridized carbons (Fsp3) is 0.0714. The predicted molar refractivity (Wildman–Crippen MR) is 70.2 cm³/mol. The first kappa shape index (κ1) is 15.7. The molecule has 0 atom stereocenters. The second-order valence-electron chi connectivity index (χ2n) is 4.05. The summed E-state index contributed by atoms with van der Waals surface area (Å²) in [6, 6.07) is 12.5. The van der Waals surface area contributed by atoms with E-state index in [1.807, 2.05) is 18.2 Å². The van der Waals surface area contributed by atoms with Gasteiger partial charge in [0, 0.05) is 11.8 Å². The molecular formula is C14H14ClN3O2. The highest BCUT2D eigenvalue weighted by atomic mass is 35.5. The van der Waals surface area contributed by atoms with Crippen LogP contribution in [-0.4, -0.2) is 11.8 Å². The summed E-state index contributed by atoms with van der Waals surface area (Å²) in [5.41, 5.74) is 6.30. The van der Waals surface area contributed by atoms with Gasteiger partial charge in [-0.25, -0.2) is 0 Å². The van der Waals surface area contributed by atoms with Crippen molar-refractivity contribution >= 4 is 17.5 Å². The molecule has 0 fully saturated rings.